The quantitative estimate of drug-likeness (QED) is 0.778. The summed E-state index contributed by atoms with van der Waals surface area (Å²) >= 11 is 0. The summed E-state index contributed by atoms with van der Waals surface area (Å²) in [6, 6.07) is 5.99. The number of carbonyl (C=O) groups excluding carboxylic acids is 1. The SMILES string of the molecule is CCC(C)NCC(=O)N(CCC#N)Cc1ccco1. The molecule has 0 saturated heterocycles. The second-order valence-electron chi connectivity index (χ2n) is 4.49. The highest BCUT2D eigenvalue weighted by Crippen LogP contribution is 2.06. The van der Waals surface area contributed by atoms with Crippen LogP contribution in [0.3, 0.4) is 0 Å². The third-order valence-corrected chi connectivity index (χ3v) is 2.99. The number of amides is 1. The maximum atomic E-state index is 12.1. The molecule has 0 aliphatic heterocycles. The van der Waals surface area contributed by atoms with Crippen LogP contribution < -0.4 is 5.32 Å². The van der Waals surface area contributed by atoms with Gasteiger partial charge in [0.1, 0.15) is 5.76 Å². The largest absolute Gasteiger partial charge is 0.467 e. The van der Waals surface area contributed by atoms with Gasteiger partial charge in [-0.3, -0.25) is 4.79 Å². The molecule has 5 heteroatoms. The van der Waals surface area contributed by atoms with Crippen LogP contribution in [-0.4, -0.2) is 29.9 Å². The van der Waals surface area contributed by atoms with Crippen molar-refractivity contribution < 1.29 is 9.21 Å². The standard InChI is InChI=1S/C14H21N3O2/c1-3-12(2)16-10-14(18)17(8-5-7-15)11-13-6-4-9-19-13/h4,6,9,12,16H,3,5,8,10-11H2,1-2H3. The van der Waals surface area contributed by atoms with Crippen molar-refractivity contribution >= 4 is 5.91 Å². The lowest BCUT2D eigenvalue weighted by Gasteiger charge is -2.21. The van der Waals surface area contributed by atoms with Crippen molar-refractivity contribution in [2.75, 3.05) is 13.1 Å². The topological polar surface area (TPSA) is 69.3 Å². The summed E-state index contributed by atoms with van der Waals surface area (Å²) in [4.78, 5) is 13.8. The van der Waals surface area contributed by atoms with Gasteiger partial charge >= 0.3 is 0 Å². The number of rotatable bonds is 8. The van der Waals surface area contributed by atoms with Crippen molar-refractivity contribution in [1.82, 2.24) is 10.2 Å². The molecule has 1 aromatic rings. The molecule has 0 fully saturated rings. The Morgan fingerprint density at radius 1 is 1.63 bits per heavy atom. The van der Waals surface area contributed by atoms with E-state index in [4.69, 9.17) is 9.68 Å². The zero-order valence-electron chi connectivity index (χ0n) is 11.6. The van der Waals surface area contributed by atoms with Crippen LogP contribution in [0.5, 0.6) is 0 Å². The van der Waals surface area contributed by atoms with E-state index in [2.05, 4.69) is 18.3 Å². The van der Waals surface area contributed by atoms with Crippen LogP contribution in [0.1, 0.15) is 32.4 Å². The summed E-state index contributed by atoms with van der Waals surface area (Å²) in [6.07, 6.45) is 2.89. The highest BCUT2D eigenvalue weighted by atomic mass is 16.3. The molecular formula is C14H21N3O2. The highest BCUT2D eigenvalue weighted by molar-refractivity contribution is 5.78. The second-order valence-corrected chi connectivity index (χ2v) is 4.49. The lowest BCUT2D eigenvalue weighted by molar-refractivity contribution is -0.131. The number of furan rings is 1. The Balaban J connectivity index is 2.52. The normalized spacial score (nSPS) is 11.8. The number of carbonyl (C=O) groups is 1. The molecule has 1 rings (SSSR count). The zero-order chi connectivity index (χ0) is 14.1. The van der Waals surface area contributed by atoms with Gasteiger partial charge in [0, 0.05) is 12.6 Å². The van der Waals surface area contributed by atoms with Crippen molar-refractivity contribution in [2.24, 2.45) is 0 Å². The van der Waals surface area contributed by atoms with Gasteiger partial charge in [0.15, 0.2) is 0 Å². The summed E-state index contributed by atoms with van der Waals surface area (Å²) in [5.74, 6) is 0.724. The number of nitrogens with one attached hydrogen (secondary N) is 1. The van der Waals surface area contributed by atoms with Crippen molar-refractivity contribution in [3.05, 3.63) is 24.2 Å². The molecule has 19 heavy (non-hydrogen) atoms. The number of hydrogen-bond donors (Lipinski definition) is 1. The van der Waals surface area contributed by atoms with Gasteiger partial charge in [-0.15, -0.1) is 0 Å². The molecule has 0 aliphatic carbocycles. The van der Waals surface area contributed by atoms with Gasteiger partial charge in [0.25, 0.3) is 0 Å². The fourth-order valence-corrected chi connectivity index (χ4v) is 1.59. The number of nitriles is 1. The predicted molar refractivity (Wildman–Crippen MR) is 72.1 cm³/mol. The molecule has 5 nitrogen and oxygen atoms in total. The van der Waals surface area contributed by atoms with Gasteiger partial charge < -0.3 is 14.6 Å². The molecule has 1 heterocycles. The first-order valence-corrected chi connectivity index (χ1v) is 6.57. The van der Waals surface area contributed by atoms with E-state index in [1.165, 1.54) is 0 Å². The summed E-state index contributed by atoms with van der Waals surface area (Å²) in [5, 5.41) is 11.8. The Labute approximate surface area is 114 Å². The van der Waals surface area contributed by atoms with E-state index in [9.17, 15) is 4.79 Å². The Hall–Kier alpha value is -1.80. The second kappa shape index (κ2) is 8.33. The summed E-state index contributed by atoms with van der Waals surface area (Å²) < 4.78 is 5.24. The molecule has 0 radical (unpaired) electrons. The van der Waals surface area contributed by atoms with E-state index in [0.29, 0.717) is 32.1 Å². The van der Waals surface area contributed by atoms with E-state index in [-0.39, 0.29) is 5.91 Å². The first kappa shape index (κ1) is 15.3. The highest BCUT2D eigenvalue weighted by Gasteiger charge is 2.15. The Morgan fingerprint density at radius 3 is 3.00 bits per heavy atom. The maximum Gasteiger partial charge on any atom is 0.236 e. The van der Waals surface area contributed by atoms with Crippen LogP contribution in [0.2, 0.25) is 0 Å². The fourth-order valence-electron chi connectivity index (χ4n) is 1.59. The zero-order valence-corrected chi connectivity index (χ0v) is 11.6. The average molecular weight is 263 g/mol. The van der Waals surface area contributed by atoms with E-state index in [0.717, 1.165) is 12.2 Å². The molecule has 0 aliphatic rings. The van der Waals surface area contributed by atoms with Crippen LogP contribution in [0.4, 0.5) is 0 Å². The van der Waals surface area contributed by atoms with Crippen LogP contribution in [0.25, 0.3) is 0 Å². The van der Waals surface area contributed by atoms with Gasteiger partial charge in [-0.05, 0) is 25.5 Å². The van der Waals surface area contributed by atoms with E-state index in [1.54, 1.807) is 17.2 Å². The van der Waals surface area contributed by atoms with E-state index < -0.39 is 0 Å². The van der Waals surface area contributed by atoms with Crippen molar-refractivity contribution in [3.8, 4) is 6.07 Å². The molecule has 104 valence electrons. The molecule has 0 aromatic carbocycles. The van der Waals surface area contributed by atoms with Crippen molar-refractivity contribution in [1.29, 1.82) is 5.26 Å². The monoisotopic (exact) mass is 263 g/mol. The third-order valence-electron chi connectivity index (χ3n) is 2.99. The summed E-state index contributed by atoms with van der Waals surface area (Å²) in [7, 11) is 0. The predicted octanol–water partition coefficient (Wildman–Crippen LogP) is 1.91. The molecule has 1 aromatic heterocycles. The molecule has 1 atom stereocenters. The van der Waals surface area contributed by atoms with Crippen LogP contribution >= 0.6 is 0 Å². The molecule has 1 amide bonds. The molecular weight excluding hydrogens is 242 g/mol. The van der Waals surface area contributed by atoms with Crippen LogP contribution in [-0.2, 0) is 11.3 Å². The van der Waals surface area contributed by atoms with Crippen LogP contribution in [0.15, 0.2) is 22.8 Å². The smallest absolute Gasteiger partial charge is 0.236 e. The van der Waals surface area contributed by atoms with Gasteiger partial charge in [0.2, 0.25) is 5.91 Å². The summed E-state index contributed by atoms with van der Waals surface area (Å²) in [5.41, 5.74) is 0. The fraction of sp³-hybridized carbons (Fsp3) is 0.571. The minimum atomic E-state index is -0.00745. The van der Waals surface area contributed by atoms with Crippen LogP contribution in [0, 0.1) is 11.3 Å². The van der Waals surface area contributed by atoms with E-state index >= 15 is 0 Å². The molecule has 0 spiro atoms. The summed E-state index contributed by atoms with van der Waals surface area (Å²) in [6.45, 7) is 5.24. The Bertz CT molecular complexity index is 409. The number of hydrogen-bond acceptors (Lipinski definition) is 4. The number of nitrogens with zero attached hydrogens (tertiary/aromatic N) is 2. The molecule has 0 saturated carbocycles. The van der Waals surface area contributed by atoms with Gasteiger partial charge in [-0.25, -0.2) is 0 Å². The maximum absolute atomic E-state index is 12.1. The lowest BCUT2D eigenvalue weighted by atomic mass is 10.2. The van der Waals surface area contributed by atoms with Gasteiger partial charge in [0.05, 0.1) is 31.8 Å². The minimum Gasteiger partial charge on any atom is -0.467 e. The van der Waals surface area contributed by atoms with Gasteiger partial charge in [-0.1, -0.05) is 6.92 Å². The van der Waals surface area contributed by atoms with Crippen molar-refractivity contribution in [2.45, 2.75) is 39.3 Å². The lowest BCUT2D eigenvalue weighted by Crippen LogP contribution is -2.40. The van der Waals surface area contributed by atoms with E-state index in [1.807, 2.05) is 13.0 Å². The van der Waals surface area contributed by atoms with Gasteiger partial charge in [-0.2, -0.15) is 5.26 Å². The Kier molecular flexibility index (Phi) is 6.69. The molecule has 1 N–H and O–H groups in total. The molecule has 0 bridgehead atoms. The first-order chi connectivity index (χ1) is 9.17. The first-order valence-electron chi connectivity index (χ1n) is 6.57. The average Bonchev–Trinajstić information content (AvgIpc) is 2.93. The third kappa shape index (κ3) is 5.58. The molecule has 1 unspecified atom stereocenters. The van der Waals surface area contributed by atoms with Crippen molar-refractivity contribution in [3.63, 3.8) is 0 Å². The minimum absolute atomic E-state index is 0.00745. The Morgan fingerprint density at radius 2 is 2.42 bits per heavy atom.